The third-order valence-corrected chi connectivity index (χ3v) is 13.3. The van der Waals surface area contributed by atoms with Crippen LogP contribution >= 0.6 is 0 Å². The van der Waals surface area contributed by atoms with Crippen LogP contribution in [0, 0.1) is 0 Å². The lowest BCUT2D eigenvalue weighted by atomic mass is 10.0. The molecular weight excluding hydrogens is 925 g/mol. The molecule has 0 spiro atoms. The molecule has 0 heterocycles. The van der Waals surface area contributed by atoms with Crippen LogP contribution in [0.2, 0.25) is 0 Å². The molecule has 0 aromatic carbocycles. The molecule has 428 valence electrons. The second-order valence-electron chi connectivity index (χ2n) is 20.6. The summed E-state index contributed by atoms with van der Waals surface area (Å²) in [5.41, 5.74) is 0. The Labute approximate surface area is 463 Å². The van der Waals surface area contributed by atoms with Gasteiger partial charge in [0, 0.05) is 19.3 Å². The van der Waals surface area contributed by atoms with Gasteiger partial charge in [0.1, 0.15) is 13.2 Å². The van der Waals surface area contributed by atoms with Crippen molar-refractivity contribution in [2.75, 3.05) is 13.2 Å². The minimum atomic E-state index is -0.823. The van der Waals surface area contributed by atoms with Crippen LogP contribution in [0.4, 0.5) is 0 Å². The van der Waals surface area contributed by atoms with Crippen LogP contribution in [-0.2, 0) is 28.6 Å². The van der Waals surface area contributed by atoms with E-state index in [-0.39, 0.29) is 37.5 Å². The van der Waals surface area contributed by atoms with E-state index >= 15 is 0 Å². The second kappa shape index (κ2) is 62.6. The highest BCUT2D eigenvalue weighted by molar-refractivity contribution is 5.71. The lowest BCUT2D eigenvalue weighted by Gasteiger charge is -2.18. The maximum absolute atomic E-state index is 12.9. The van der Waals surface area contributed by atoms with Crippen LogP contribution in [0.15, 0.2) is 109 Å². The normalized spacial score (nSPS) is 12.8. The highest BCUT2D eigenvalue weighted by Crippen LogP contribution is 2.16. The molecule has 0 bridgehead atoms. The van der Waals surface area contributed by atoms with Crippen LogP contribution in [0.3, 0.4) is 0 Å². The molecule has 0 N–H and O–H groups in total. The summed E-state index contributed by atoms with van der Waals surface area (Å²) in [7, 11) is 0. The zero-order valence-electron chi connectivity index (χ0n) is 49.0. The number of allylic oxidation sites excluding steroid dienone is 18. The van der Waals surface area contributed by atoms with Gasteiger partial charge in [0.15, 0.2) is 6.10 Å². The van der Waals surface area contributed by atoms with E-state index in [0.29, 0.717) is 19.3 Å². The van der Waals surface area contributed by atoms with Crippen LogP contribution < -0.4 is 0 Å². The van der Waals surface area contributed by atoms with Crippen LogP contribution in [0.25, 0.3) is 0 Å². The lowest BCUT2D eigenvalue weighted by molar-refractivity contribution is -0.166. The van der Waals surface area contributed by atoms with Crippen molar-refractivity contribution in [3.8, 4) is 0 Å². The zero-order valence-corrected chi connectivity index (χ0v) is 49.0. The minimum Gasteiger partial charge on any atom is -0.462 e. The summed E-state index contributed by atoms with van der Waals surface area (Å²) in [6.07, 6.45) is 85.2. The van der Waals surface area contributed by atoms with Crippen molar-refractivity contribution in [1.29, 1.82) is 0 Å². The van der Waals surface area contributed by atoms with Gasteiger partial charge in [-0.15, -0.1) is 0 Å². The number of rotatable bonds is 56. The highest BCUT2D eigenvalue weighted by Gasteiger charge is 2.19. The Morgan fingerprint density at radius 3 is 0.853 bits per heavy atom. The summed E-state index contributed by atoms with van der Waals surface area (Å²) in [4.78, 5) is 38.3. The summed E-state index contributed by atoms with van der Waals surface area (Å²) in [6, 6.07) is 0. The highest BCUT2D eigenvalue weighted by atomic mass is 16.6. The van der Waals surface area contributed by atoms with E-state index in [1.807, 2.05) is 6.08 Å². The zero-order chi connectivity index (χ0) is 54.3. The first-order valence-corrected chi connectivity index (χ1v) is 31.4. The molecule has 0 unspecified atom stereocenters. The van der Waals surface area contributed by atoms with Crippen molar-refractivity contribution in [2.45, 2.75) is 297 Å². The summed E-state index contributed by atoms with van der Waals surface area (Å²) in [5.74, 6) is -1.02. The SMILES string of the molecule is CCCCC/C=C\C/C=C\C/C=C\C/C=C\C/C=C\CCC(=O)OC[C@H](COC(=O)CCCCC/C=C\C/C=C\C/C=C\C/C=C\CCCCC)OC(=O)CCCCCCCCCCCCCCCCCCCCC. The van der Waals surface area contributed by atoms with Gasteiger partial charge in [-0.25, -0.2) is 0 Å². The fourth-order valence-corrected chi connectivity index (χ4v) is 8.53. The van der Waals surface area contributed by atoms with Crippen molar-refractivity contribution in [2.24, 2.45) is 0 Å². The van der Waals surface area contributed by atoms with Gasteiger partial charge in [0.2, 0.25) is 0 Å². The molecule has 75 heavy (non-hydrogen) atoms. The predicted molar refractivity (Wildman–Crippen MR) is 325 cm³/mol. The van der Waals surface area contributed by atoms with Gasteiger partial charge in [-0.05, 0) is 103 Å². The van der Waals surface area contributed by atoms with Crippen molar-refractivity contribution in [1.82, 2.24) is 0 Å². The topological polar surface area (TPSA) is 78.9 Å². The number of carbonyl (C=O) groups excluding carboxylic acids is 3. The molecule has 0 aliphatic heterocycles. The quantitative estimate of drug-likeness (QED) is 0.0261. The van der Waals surface area contributed by atoms with Crippen LogP contribution in [0.1, 0.15) is 290 Å². The second-order valence-corrected chi connectivity index (χ2v) is 20.6. The van der Waals surface area contributed by atoms with Gasteiger partial charge in [-0.2, -0.15) is 0 Å². The molecule has 0 aromatic rings. The van der Waals surface area contributed by atoms with E-state index in [1.54, 1.807) is 0 Å². The number of hydrogen-bond donors (Lipinski definition) is 0. The first-order chi connectivity index (χ1) is 37.0. The molecule has 6 nitrogen and oxygen atoms in total. The van der Waals surface area contributed by atoms with Gasteiger partial charge in [0.05, 0.1) is 0 Å². The fraction of sp³-hybridized carbons (Fsp3) is 0.696. The maximum atomic E-state index is 12.9. The molecular formula is C69H116O6. The van der Waals surface area contributed by atoms with E-state index in [2.05, 4.69) is 124 Å². The van der Waals surface area contributed by atoms with E-state index in [1.165, 1.54) is 154 Å². The van der Waals surface area contributed by atoms with Gasteiger partial charge in [-0.3, -0.25) is 14.4 Å². The lowest BCUT2D eigenvalue weighted by Crippen LogP contribution is -2.30. The number of carbonyl (C=O) groups is 3. The molecule has 0 aliphatic carbocycles. The molecule has 0 aliphatic rings. The van der Waals surface area contributed by atoms with Crippen molar-refractivity contribution in [3.63, 3.8) is 0 Å². The molecule has 0 fully saturated rings. The van der Waals surface area contributed by atoms with Crippen molar-refractivity contribution >= 4 is 17.9 Å². The number of ether oxygens (including phenoxy) is 3. The molecule has 0 aromatic heterocycles. The number of unbranched alkanes of at least 4 members (excludes halogenated alkanes) is 27. The molecule has 6 heteroatoms. The number of esters is 3. The summed E-state index contributed by atoms with van der Waals surface area (Å²) < 4.78 is 16.8. The van der Waals surface area contributed by atoms with Crippen molar-refractivity contribution in [3.05, 3.63) is 109 Å². The van der Waals surface area contributed by atoms with E-state index in [9.17, 15) is 14.4 Å². The van der Waals surface area contributed by atoms with E-state index < -0.39 is 6.10 Å². The third kappa shape index (κ3) is 60.8. The number of hydrogen-bond acceptors (Lipinski definition) is 6. The Morgan fingerprint density at radius 1 is 0.267 bits per heavy atom. The minimum absolute atomic E-state index is 0.117. The Bertz CT molecular complexity index is 1520. The van der Waals surface area contributed by atoms with Crippen LogP contribution in [-0.4, -0.2) is 37.2 Å². The molecule has 0 radical (unpaired) electrons. The molecule has 0 saturated carbocycles. The van der Waals surface area contributed by atoms with Gasteiger partial charge >= 0.3 is 17.9 Å². The summed E-state index contributed by atoms with van der Waals surface area (Å²) in [6.45, 7) is 6.52. The predicted octanol–water partition coefficient (Wildman–Crippen LogP) is 21.4. The van der Waals surface area contributed by atoms with Gasteiger partial charge in [0.25, 0.3) is 0 Å². The molecule has 0 amide bonds. The summed E-state index contributed by atoms with van der Waals surface area (Å²) in [5, 5.41) is 0. The largest absolute Gasteiger partial charge is 0.462 e. The molecule has 0 rings (SSSR count). The summed E-state index contributed by atoms with van der Waals surface area (Å²) >= 11 is 0. The Morgan fingerprint density at radius 2 is 0.507 bits per heavy atom. The smallest absolute Gasteiger partial charge is 0.306 e. The van der Waals surface area contributed by atoms with Gasteiger partial charge < -0.3 is 14.2 Å². The fourth-order valence-electron chi connectivity index (χ4n) is 8.53. The maximum Gasteiger partial charge on any atom is 0.306 e. The van der Waals surface area contributed by atoms with Crippen LogP contribution in [0.5, 0.6) is 0 Å². The average Bonchev–Trinajstić information content (AvgIpc) is 3.41. The Kier molecular flexibility index (Phi) is 59.3. The monoisotopic (exact) mass is 1040 g/mol. The first-order valence-electron chi connectivity index (χ1n) is 31.4. The van der Waals surface area contributed by atoms with E-state index in [0.717, 1.165) is 89.9 Å². The average molecular weight is 1040 g/mol. The first kappa shape index (κ1) is 71.1. The van der Waals surface area contributed by atoms with Gasteiger partial charge in [-0.1, -0.05) is 278 Å². The molecule has 0 saturated heterocycles. The Balaban J connectivity index is 4.54. The standard InChI is InChI=1S/C69H116O6/c1-4-7-10-13-16-19-22-25-28-31-34-37-40-43-46-49-52-55-58-61-67(70)73-64-66(75-69(72)63-60-57-54-51-48-45-42-39-36-33-30-27-24-21-18-15-12-9-6-3)65-74-68(71)62-59-56-53-50-47-44-41-38-35-32-29-26-23-20-17-14-11-8-5-2/h16-17,19-20,25-26,28-29,34-35,37-38,43-44,46-47,52,55,66H,4-15,18,21-24,27,30-33,36,39-42,45,48-51,53-54,56-65H2,1-3H3/b19-16-,20-17-,28-25-,29-26-,37-34-,38-35-,46-43-,47-44-,55-52-/t66-/m1/s1. The van der Waals surface area contributed by atoms with Crippen molar-refractivity contribution < 1.29 is 28.6 Å². The third-order valence-electron chi connectivity index (χ3n) is 13.3. The Hall–Kier alpha value is -3.93. The van der Waals surface area contributed by atoms with E-state index in [4.69, 9.17) is 14.2 Å². The molecule has 1 atom stereocenters.